The van der Waals surface area contributed by atoms with Crippen molar-refractivity contribution in [1.82, 2.24) is 5.32 Å². The Balaban J connectivity index is 1.51. The molecule has 0 bridgehead atoms. The molecule has 0 aliphatic rings. The van der Waals surface area contributed by atoms with E-state index >= 15 is 0 Å². The summed E-state index contributed by atoms with van der Waals surface area (Å²) in [5.74, 6) is -0.114. The molecule has 1 N–H and O–H groups in total. The molecule has 0 spiro atoms. The monoisotopic (exact) mass is 417 g/mol. The van der Waals surface area contributed by atoms with E-state index in [0.29, 0.717) is 29.8 Å². The van der Waals surface area contributed by atoms with Gasteiger partial charge in [-0.2, -0.15) is 0 Å². The maximum atomic E-state index is 12.4. The first kappa shape index (κ1) is 21.8. The van der Waals surface area contributed by atoms with Gasteiger partial charge < -0.3 is 14.8 Å². The van der Waals surface area contributed by atoms with E-state index in [-0.39, 0.29) is 24.0 Å². The summed E-state index contributed by atoms with van der Waals surface area (Å²) in [6.45, 7) is 1.90. The predicted molar refractivity (Wildman–Crippen MR) is 116 cm³/mol. The number of Topliss-reactive ketones (excluding diaryl/α,β-unsaturated/α-hetero) is 1. The molecule has 0 atom stereocenters. The minimum atomic E-state index is -0.601. The van der Waals surface area contributed by atoms with E-state index in [0.717, 1.165) is 5.56 Å². The van der Waals surface area contributed by atoms with E-state index in [1.165, 1.54) is 6.07 Å². The molecule has 0 heterocycles. The van der Waals surface area contributed by atoms with Gasteiger partial charge in [-0.25, -0.2) is 4.79 Å². The minimum Gasteiger partial charge on any atom is -0.482 e. The summed E-state index contributed by atoms with van der Waals surface area (Å²) in [7, 11) is 0. The Morgan fingerprint density at radius 1 is 0.806 bits per heavy atom. The molecule has 3 aromatic rings. The van der Waals surface area contributed by atoms with Gasteiger partial charge in [-0.1, -0.05) is 43.3 Å². The summed E-state index contributed by atoms with van der Waals surface area (Å²) >= 11 is 0. The van der Waals surface area contributed by atoms with Crippen LogP contribution < -0.4 is 14.8 Å². The number of carbonyl (C=O) groups is 3. The van der Waals surface area contributed by atoms with E-state index < -0.39 is 5.97 Å². The molecule has 3 aromatic carbocycles. The zero-order valence-electron chi connectivity index (χ0n) is 17.2. The van der Waals surface area contributed by atoms with Crippen molar-refractivity contribution in [3.8, 4) is 11.5 Å². The zero-order chi connectivity index (χ0) is 22.1. The molecular formula is C25H23NO5. The van der Waals surface area contributed by atoms with E-state index in [4.69, 9.17) is 9.47 Å². The van der Waals surface area contributed by atoms with Crippen LogP contribution in [0.2, 0.25) is 0 Å². The molecule has 0 aromatic heterocycles. The van der Waals surface area contributed by atoms with E-state index in [1.54, 1.807) is 49.4 Å². The van der Waals surface area contributed by atoms with Crippen molar-refractivity contribution < 1.29 is 23.9 Å². The number of ketones is 1. The predicted octanol–water partition coefficient (Wildman–Crippen LogP) is 4.19. The van der Waals surface area contributed by atoms with Crippen LogP contribution >= 0.6 is 0 Å². The van der Waals surface area contributed by atoms with Gasteiger partial charge in [0, 0.05) is 24.1 Å². The summed E-state index contributed by atoms with van der Waals surface area (Å²) < 4.78 is 10.7. The molecule has 0 aliphatic heterocycles. The number of hydrogen-bond acceptors (Lipinski definition) is 5. The molecule has 158 valence electrons. The van der Waals surface area contributed by atoms with Crippen molar-refractivity contribution in [3.63, 3.8) is 0 Å². The average Bonchev–Trinajstić information content (AvgIpc) is 2.82. The standard InChI is InChI=1S/C25H23NO5/c1-2-23(27)19-11-13-21(14-12-19)30-17-24(28)31-22-10-6-9-20(15-22)25(29)26-16-18-7-4-3-5-8-18/h3-15H,2,16-17H2,1H3,(H,26,29). The SMILES string of the molecule is CCC(=O)c1ccc(OCC(=O)Oc2cccc(C(=O)NCc3ccccc3)c2)cc1. The largest absolute Gasteiger partial charge is 0.482 e. The Bertz CT molecular complexity index is 1050. The highest BCUT2D eigenvalue weighted by Crippen LogP contribution is 2.16. The van der Waals surface area contributed by atoms with Gasteiger partial charge in [-0.05, 0) is 48.0 Å². The van der Waals surface area contributed by atoms with Crippen LogP contribution in [0.1, 0.15) is 39.6 Å². The first-order valence-corrected chi connectivity index (χ1v) is 9.94. The number of esters is 1. The van der Waals surface area contributed by atoms with Crippen LogP contribution in [0.3, 0.4) is 0 Å². The second-order valence-corrected chi connectivity index (χ2v) is 6.76. The van der Waals surface area contributed by atoms with Crippen LogP contribution in [0.4, 0.5) is 0 Å². The molecule has 31 heavy (non-hydrogen) atoms. The van der Waals surface area contributed by atoms with Gasteiger partial charge in [0.05, 0.1) is 0 Å². The number of rotatable bonds is 9. The fraction of sp³-hybridized carbons (Fsp3) is 0.160. The molecule has 6 nitrogen and oxygen atoms in total. The number of nitrogens with one attached hydrogen (secondary N) is 1. The molecule has 0 saturated heterocycles. The lowest BCUT2D eigenvalue weighted by atomic mass is 10.1. The van der Waals surface area contributed by atoms with Gasteiger partial charge in [-0.3, -0.25) is 9.59 Å². The third kappa shape index (κ3) is 6.54. The van der Waals surface area contributed by atoms with Crippen LogP contribution in [0, 0.1) is 0 Å². The molecule has 6 heteroatoms. The summed E-state index contributed by atoms with van der Waals surface area (Å²) in [5, 5.41) is 2.83. The maximum absolute atomic E-state index is 12.4. The molecular weight excluding hydrogens is 394 g/mol. The van der Waals surface area contributed by atoms with Crippen molar-refractivity contribution in [2.75, 3.05) is 6.61 Å². The molecule has 1 amide bonds. The lowest BCUT2D eigenvalue weighted by Crippen LogP contribution is -2.23. The number of carbonyl (C=O) groups excluding carboxylic acids is 3. The van der Waals surface area contributed by atoms with E-state index in [2.05, 4.69) is 5.32 Å². The molecule has 3 rings (SSSR count). The van der Waals surface area contributed by atoms with Crippen LogP contribution in [0.25, 0.3) is 0 Å². The lowest BCUT2D eigenvalue weighted by molar-refractivity contribution is -0.136. The second kappa shape index (κ2) is 10.7. The Labute approximate surface area is 180 Å². The molecule has 0 saturated carbocycles. The summed E-state index contributed by atoms with van der Waals surface area (Å²) in [5.41, 5.74) is 1.97. The van der Waals surface area contributed by atoms with Crippen LogP contribution in [0.15, 0.2) is 78.9 Å². The highest BCUT2D eigenvalue weighted by atomic mass is 16.6. The zero-order valence-corrected chi connectivity index (χ0v) is 17.2. The van der Waals surface area contributed by atoms with E-state index in [9.17, 15) is 14.4 Å². The first-order valence-electron chi connectivity index (χ1n) is 9.94. The lowest BCUT2D eigenvalue weighted by Gasteiger charge is -2.09. The highest BCUT2D eigenvalue weighted by Gasteiger charge is 2.11. The van der Waals surface area contributed by atoms with Crippen molar-refractivity contribution in [1.29, 1.82) is 0 Å². The Morgan fingerprint density at radius 3 is 2.26 bits per heavy atom. The third-order valence-corrected chi connectivity index (χ3v) is 4.48. The quantitative estimate of drug-likeness (QED) is 0.321. The number of hydrogen-bond donors (Lipinski definition) is 1. The van der Waals surface area contributed by atoms with Crippen molar-refractivity contribution >= 4 is 17.7 Å². The average molecular weight is 417 g/mol. The third-order valence-electron chi connectivity index (χ3n) is 4.48. The van der Waals surface area contributed by atoms with Crippen LogP contribution in [-0.4, -0.2) is 24.3 Å². The van der Waals surface area contributed by atoms with E-state index in [1.807, 2.05) is 30.3 Å². The summed E-state index contributed by atoms with van der Waals surface area (Å²) in [6, 6.07) is 22.5. The van der Waals surface area contributed by atoms with Crippen molar-refractivity contribution in [2.24, 2.45) is 0 Å². The van der Waals surface area contributed by atoms with Gasteiger partial charge in [0.15, 0.2) is 12.4 Å². The number of benzene rings is 3. The maximum Gasteiger partial charge on any atom is 0.349 e. The Hall–Kier alpha value is -3.93. The topological polar surface area (TPSA) is 81.7 Å². The summed E-state index contributed by atoms with van der Waals surface area (Å²) in [6.07, 6.45) is 0.426. The fourth-order valence-corrected chi connectivity index (χ4v) is 2.83. The Morgan fingerprint density at radius 2 is 1.55 bits per heavy atom. The number of ether oxygens (including phenoxy) is 2. The van der Waals surface area contributed by atoms with Crippen molar-refractivity contribution in [2.45, 2.75) is 19.9 Å². The Kier molecular flexibility index (Phi) is 7.54. The van der Waals surface area contributed by atoms with Gasteiger partial charge in [-0.15, -0.1) is 0 Å². The normalized spacial score (nSPS) is 10.2. The highest BCUT2D eigenvalue weighted by molar-refractivity contribution is 5.96. The van der Waals surface area contributed by atoms with Crippen molar-refractivity contribution in [3.05, 3.63) is 95.6 Å². The molecule has 0 radical (unpaired) electrons. The van der Waals surface area contributed by atoms with Gasteiger partial charge in [0.1, 0.15) is 11.5 Å². The molecule has 0 aliphatic carbocycles. The first-order chi connectivity index (χ1) is 15.0. The van der Waals surface area contributed by atoms with Gasteiger partial charge >= 0.3 is 5.97 Å². The fourth-order valence-electron chi connectivity index (χ4n) is 2.83. The van der Waals surface area contributed by atoms with Gasteiger partial charge in [0.25, 0.3) is 5.91 Å². The number of amides is 1. The van der Waals surface area contributed by atoms with Gasteiger partial charge in [0.2, 0.25) is 0 Å². The van der Waals surface area contributed by atoms with Crippen LogP contribution in [-0.2, 0) is 11.3 Å². The van der Waals surface area contributed by atoms with Crippen LogP contribution in [0.5, 0.6) is 11.5 Å². The molecule has 0 unspecified atom stereocenters. The summed E-state index contributed by atoms with van der Waals surface area (Å²) in [4.78, 5) is 36.1. The molecule has 0 fully saturated rings. The second-order valence-electron chi connectivity index (χ2n) is 6.76. The smallest absolute Gasteiger partial charge is 0.349 e. The minimum absolute atomic E-state index is 0.0404.